The van der Waals surface area contributed by atoms with Crippen molar-refractivity contribution in [3.05, 3.63) is 53.9 Å². The highest BCUT2D eigenvalue weighted by Gasteiger charge is 2.33. The molecule has 0 saturated carbocycles. The molecule has 7 heteroatoms. The fourth-order valence-electron chi connectivity index (χ4n) is 3.53. The minimum atomic E-state index is -4.32. The molecule has 0 N–H and O–H groups in total. The normalized spacial score (nSPS) is 18.1. The second kappa shape index (κ2) is 7.93. The molecule has 140 valence electrons. The van der Waals surface area contributed by atoms with Crippen LogP contribution in [0.25, 0.3) is 0 Å². The zero-order valence-corrected chi connectivity index (χ0v) is 14.5. The second-order valence-corrected chi connectivity index (χ2v) is 6.75. The van der Waals surface area contributed by atoms with E-state index in [9.17, 15) is 18.0 Å². The molecule has 0 radical (unpaired) electrons. The number of alkyl halides is 3. The van der Waals surface area contributed by atoms with E-state index in [2.05, 4.69) is 5.10 Å². The average Bonchev–Trinajstić information content (AvgIpc) is 3.12. The molecule has 0 bridgehead atoms. The van der Waals surface area contributed by atoms with Crippen LogP contribution in [0.5, 0.6) is 0 Å². The number of carbonyl (C=O) groups is 1. The number of amides is 1. The summed E-state index contributed by atoms with van der Waals surface area (Å²) >= 11 is 0. The largest absolute Gasteiger partial charge is 0.416 e. The number of aryl methyl sites for hydroxylation is 1. The van der Waals surface area contributed by atoms with Crippen LogP contribution in [-0.2, 0) is 23.9 Å². The van der Waals surface area contributed by atoms with E-state index in [1.165, 1.54) is 6.07 Å². The van der Waals surface area contributed by atoms with Gasteiger partial charge in [0.1, 0.15) is 6.54 Å². The van der Waals surface area contributed by atoms with Gasteiger partial charge in [-0.3, -0.25) is 9.48 Å². The number of aromatic nitrogens is 2. The number of benzene rings is 1. The van der Waals surface area contributed by atoms with E-state index in [1.54, 1.807) is 35.3 Å². The standard InChI is InChI=1S/C19H22F3N3O/c20-19(21,22)17-7-2-1-6-16(17)9-8-15-5-3-11-24(13-15)18(26)14-25-12-4-10-23-25/h1-2,4,6-7,10,12,15H,3,5,8-9,11,13-14H2/t15-/m0/s1. The zero-order valence-electron chi connectivity index (χ0n) is 14.5. The van der Waals surface area contributed by atoms with Gasteiger partial charge in [-0.1, -0.05) is 18.2 Å². The Morgan fingerprint density at radius 2 is 2.04 bits per heavy atom. The molecule has 1 aliphatic rings. The summed E-state index contributed by atoms with van der Waals surface area (Å²) in [5.74, 6) is 0.237. The molecule has 26 heavy (non-hydrogen) atoms. The maximum atomic E-state index is 13.1. The Balaban J connectivity index is 1.57. The van der Waals surface area contributed by atoms with Crippen molar-refractivity contribution in [3.8, 4) is 0 Å². The molecule has 0 spiro atoms. The molecule has 2 aromatic rings. The topological polar surface area (TPSA) is 38.1 Å². The van der Waals surface area contributed by atoms with Gasteiger partial charge in [-0.25, -0.2) is 0 Å². The second-order valence-electron chi connectivity index (χ2n) is 6.75. The maximum absolute atomic E-state index is 13.1. The average molecular weight is 365 g/mol. The van der Waals surface area contributed by atoms with E-state index in [-0.39, 0.29) is 18.4 Å². The molecule has 4 nitrogen and oxygen atoms in total. The molecule has 1 fully saturated rings. The number of nitrogens with zero attached hydrogens (tertiary/aromatic N) is 3. The van der Waals surface area contributed by atoms with E-state index in [1.807, 2.05) is 4.90 Å². The third-order valence-electron chi connectivity index (χ3n) is 4.87. The van der Waals surface area contributed by atoms with Gasteiger partial charge in [0.15, 0.2) is 0 Å². The SMILES string of the molecule is O=C(Cn1cccn1)N1CCC[C@@H](CCc2ccccc2C(F)(F)F)C1. The minimum absolute atomic E-state index is 0.00842. The molecule has 0 unspecified atom stereocenters. The van der Waals surface area contributed by atoms with Crippen LogP contribution in [0, 0.1) is 5.92 Å². The molecule has 1 aromatic heterocycles. The molecule has 3 rings (SSSR count). The third-order valence-corrected chi connectivity index (χ3v) is 4.87. The van der Waals surface area contributed by atoms with Crippen LogP contribution in [0.4, 0.5) is 13.2 Å². The number of carbonyl (C=O) groups excluding carboxylic acids is 1. The van der Waals surface area contributed by atoms with Crippen molar-refractivity contribution < 1.29 is 18.0 Å². The van der Waals surface area contributed by atoms with E-state index in [0.29, 0.717) is 31.5 Å². The molecule has 1 saturated heterocycles. The summed E-state index contributed by atoms with van der Waals surface area (Å²) in [7, 11) is 0. The highest BCUT2D eigenvalue weighted by atomic mass is 19.4. The minimum Gasteiger partial charge on any atom is -0.341 e. The number of hydrogen-bond acceptors (Lipinski definition) is 2. The smallest absolute Gasteiger partial charge is 0.341 e. The van der Waals surface area contributed by atoms with Gasteiger partial charge < -0.3 is 4.90 Å². The van der Waals surface area contributed by atoms with Crippen LogP contribution in [0.3, 0.4) is 0 Å². The zero-order chi connectivity index (χ0) is 18.6. The van der Waals surface area contributed by atoms with Gasteiger partial charge in [0, 0.05) is 25.5 Å². The van der Waals surface area contributed by atoms with Crippen LogP contribution in [0.1, 0.15) is 30.4 Å². The summed E-state index contributed by atoms with van der Waals surface area (Å²) in [5, 5.41) is 4.04. The van der Waals surface area contributed by atoms with Crippen molar-refractivity contribution in [3.63, 3.8) is 0 Å². The van der Waals surface area contributed by atoms with E-state index in [0.717, 1.165) is 18.9 Å². The lowest BCUT2D eigenvalue weighted by Gasteiger charge is -2.33. The van der Waals surface area contributed by atoms with Crippen LogP contribution in [0.2, 0.25) is 0 Å². The highest BCUT2D eigenvalue weighted by molar-refractivity contribution is 5.76. The predicted octanol–water partition coefficient (Wildman–Crippen LogP) is 3.77. The van der Waals surface area contributed by atoms with Crippen molar-refractivity contribution in [1.82, 2.24) is 14.7 Å². The Bertz CT molecular complexity index is 728. The summed E-state index contributed by atoms with van der Waals surface area (Å²) in [5.41, 5.74) is -0.220. The van der Waals surface area contributed by atoms with Crippen LogP contribution >= 0.6 is 0 Å². The van der Waals surface area contributed by atoms with Crippen molar-refractivity contribution in [2.45, 2.75) is 38.4 Å². The molecule has 0 aliphatic carbocycles. The Kier molecular flexibility index (Phi) is 5.64. The van der Waals surface area contributed by atoms with Crippen molar-refractivity contribution in [2.24, 2.45) is 5.92 Å². The summed E-state index contributed by atoms with van der Waals surface area (Å²) < 4.78 is 40.9. The number of halogens is 3. The number of likely N-dealkylation sites (tertiary alicyclic amines) is 1. The van der Waals surface area contributed by atoms with Gasteiger partial charge >= 0.3 is 6.18 Å². The molecule has 1 amide bonds. The fourth-order valence-corrected chi connectivity index (χ4v) is 3.53. The maximum Gasteiger partial charge on any atom is 0.416 e. The molecular formula is C19H22F3N3O. The van der Waals surface area contributed by atoms with Crippen molar-refractivity contribution in [2.75, 3.05) is 13.1 Å². The van der Waals surface area contributed by atoms with Gasteiger partial charge in [-0.2, -0.15) is 18.3 Å². The van der Waals surface area contributed by atoms with Gasteiger partial charge in [-0.15, -0.1) is 0 Å². The van der Waals surface area contributed by atoms with E-state index < -0.39 is 11.7 Å². The lowest BCUT2D eigenvalue weighted by molar-refractivity contribution is -0.138. The Hall–Kier alpha value is -2.31. The highest BCUT2D eigenvalue weighted by Crippen LogP contribution is 2.33. The first-order valence-electron chi connectivity index (χ1n) is 8.84. The fraction of sp³-hybridized carbons (Fsp3) is 0.474. The number of piperidine rings is 1. The monoisotopic (exact) mass is 365 g/mol. The Morgan fingerprint density at radius 3 is 2.77 bits per heavy atom. The van der Waals surface area contributed by atoms with Crippen LogP contribution in [-0.4, -0.2) is 33.7 Å². The Morgan fingerprint density at radius 1 is 1.23 bits per heavy atom. The first-order valence-corrected chi connectivity index (χ1v) is 8.84. The molecule has 2 heterocycles. The first-order chi connectivity index (χ1) is 12.4. The molecular weight excluding hydrogens is 343 g/mol. The Labute approximate surface area is 150 Å². The number of hydrogen-bond donors (Lipinski definition) is 0. The van der Waals surface area contributed by atoms with Crippen LogP contribution in [0.15, 0.2) is 42.7 Å². The van der Waals surface area contributed by atoms with Gasteiger partial charge in [-0.05, 0) is 49.3 Å². The van der Waals surface area contributed by atoms with Crippen molar-refractivity contribution >= 4 is 5.91 Å². The first kappa shape index (κ1) is 18.5. The third kappa shape index (κ3) is 4.65. The number of rotatable bonds is 5. The lowest BCUT2D eigenvalue weighted by atomic mass is 9.90. The summed E-state index contributed by atoms with van der Waals surface area (Å²) in [6.07, 6.45) is 1.91. The summed E-state index contributed by atoms with van der Waals surface area (Å²) in [6.45, 7) is 1.51. The molecule has 1 aliphatic heterocycles. The van der Waals surface area contributed by atoms with Crippen molar-refractivity contribution in [1.29, 1.82) is 0 Å². The summed E-state index contributed by atoms with van der Waals surface area (Å²) in [4.78, 5) is 14.2. The predicted molar refractivity (Wildman–Crippen MR) is 91.3 cm³/mol. The molecule has 1 atom stereocenters. The van der Waals surface area contributed by atoms with E-state index in [4.69, 9.17) is 0 Å². The van der Waals surface area contributed by atoms with Crippen LogP contribution < -0.4 is 0 Å². The molecule has 1 aromatic carbocycles. The quantitative estimate of drug-likeness (QED) is 0.809. The van der Waals surface area contributed by atoms with Gasteiger partial charge in [0.05, 0.1) is 5.56 Å². The summed E-state index contributed by atoms with van der Waals surface area (Å²) in [6, 6.07) is 7.51. The van der Waals surface area contributed by atoms with Gasteiger partial charge in [0.25, 0.3) is 0 Å². The van der Waals surface area contributed by atoms with Gasteiger partial charge in [0.2, 0.25) is 5.91 Å². The van der Waals surface area contributed by atoms with E-state index >= 15 is 0 Å². The lowest BCUT2D eigenvalue weighted by Crippen LogP contribution is -2.41.